The Labute approximate surface area is 228 Å². The molecule has 0 unspecified atom stereocenters. The number of hydrogen-bond donors (Lipinski definition) is 0. The van der Waals surface area contributed by atoms with Gasteiger partial charge in [0.05, 0.1) is 19.3 Å². The highest BCUT2D eigenvalue weighted by molar-refractivity contribution is 6.12. The van der Waals surface area contributed by atoms with Crippen molar-refractivity contribution in [3.63, 3.8) is 0 Å². The first-order valence-corrected chi connectivity index (χ1v) is 12.4. The summed E-state index contributed by atoms with van der Waals surface area (Å²) in [5.41, 5.74) is 3.54. The number of aromatic nitrogens is 2. The third-order valence-corrected chi connectivity index (χ3v) is 5.94. The molecule has 4 rings (SSSR count). The second-order valence-electron chi connectivity index (χ2n) is 8.74. The maximum absolute atomic E-state index is 12.5. The van der Waals surface area contributed by atoms with Crippen molar-refractivity contribution in [1.29, 1.82) is 0 Å². The van der Waals surface area contributed by atoms with Gasteiger partial charge in [-0.05, 0) is 35.9 Å². The van der Waals surface area contributed by atoms with Gasteiger partial charge in [0.2, 0.25) is 0 Å². The fourth-order valence-electron chi connectivity index (χ4n) is 4.04. The predicted octanol–water partition coefficient (Wildman–Crippen LogP) is 5.18. The molecule has 2 aromatic heterocycles. The summed E-state index contributed by atoms with van der Waals surface area (Å²) in [7, 11) is 2.59. The smallest absolute Gasteiger partial charge is 0.411 e. The van der Waals surface area contributed by atoms with Crippen molar-refractivity contribution < 1.29 is 37.0 Å². The fourth-order valence-corrected chi connectivity index (χ4v) is 4.04. The van der Waals surface area contributed by atoms with E-state index >= 15 is 0 Å². The van der Waals surface area contributed by atoms with Gasteiger partial charge in [-0.3, -0.25) is 0 Å². The number of carbonyl (C=O) groups is 1. The van der Waals surface area contributed by atoms with Crippen LogP contribution in [0.25, 0.3) is 11.0 Å². The number of hydrogen-bond acceptors (Lipinski definition) is 7. The molecular weight excluding hydrogens is 527 g/mol. The molecule has 40 heavy (non-hydrogen) atoms. The summed E-state index contributed by atoms with van der Waals surface area (Å²) in [4.78, 5) is 21.7. The zero-order chi connectivity index (χ0) is 28.5. The van der Waals surface area contributed by atoms with Crippen LogP contribution in [-0.4, -0.2) is 60.9 Å². The first-order valence-electron chi connectivity index (χ1n) is 12.4. The van der Waals surface area contributed by atoms with Crippen molar-refractivity contribution in [1.82, 2.24) is 9.55 Å². The summed E-state index contributed by atoms with van der Waals surface area (Å²) < 4.78 is 54.7. The summed E-state index contributed by atoms with van der Waals surface area (Å²) in [5, 5.41) is 5.15. The molecule has 0 aliphatic carbocycles. The van der Waals surface area contributed by atoms with Crippen LogP contribution in [0.4, 0.5) is 13.2 Å². The molecule has 2 heterocycles. The Morgan fingerprint density at radius 1 is 1.00 bits per heavy atom. The minimum atomic E-state index is -4.55. The molecule has 8 nitrogen and oxygen atoms in total. The van der Waals surface area contributed by atoms with E-state index in [1.807, 2.05) is 59.3 Å². The van der Waals surface area contributed by atoms with Gasteiger partial charge in [0, 0.05) is 23.6 Å². The van der Waals surface area contributed by atoms with E-state index in [0.717, 1.165) is 23.7 Å². The molecule has 0 saturated heterocycles. The van der Waals surface area contributed by atoms with Crippen molar-refractivity contribution in [3.05, 3.63) is 95.8 Å². The van der Waals surface area contributed by atoms with Gasteiger partial charge in [-0.15, -0.1) is 0 Å². The highest BCUT2D eigenvalue weighted by atomic mass is 19.4. The standard InChI is InChI=1S/C29H28F3N3O5/c1-37-28(36)25(40-19-29(30,31)32)18-20-8-11-23(12-9-20)39-17-16-35-15-14-22-10-13-24(33-27(22)35)26(34-38-2)21-6-4-3-5-7-21/h3-15,25H,16-19H2,1-2H3/b34-26+/t25-/m0/s1. The van der Waals surface area contributed by atoms with Gasteiger partial charge >= 0.3 is 12.1 Å². The van der Waals surface area contributed by atoms with E-state index in [9.17, 15) is 18.0 Å². The second kappa shape index (κ2) is 13.1. The minimum Gasteiger partial charge on any atom is -0.492 e. The number of esters is 1. The molecule has 0 spiro atoms. The van der Waals surface area contributed by atoms with Crippen LogP contribution in [0.3, 0.4) is 0 Å². The number of benzene rings is 2. The van der Waals surface area contributed by atoms with E-state index in [0.29, 0.717) is 35.9 Å². The number of pyridine rings is 1. The summed E-state index contributed by atoms with van der Waals surface area (Å²) in [6.07, 6.45) is -4.05. The Bertz CT molecular complexity index is 1440. The Hall–Kier alpha value is -4.38. The van der Waals surface area contributed by atoms with Crippen molar-refractivity contribution in [2.75, 3.05) is 27.4 Å². The van der Waals surface area contributed by atoms with E-state index in [1.165, 1.54) is 7.11 Å². The zero-order valence-electron chi connectivity index (χ0n) is 21.9. The summed E-state index contributed by atoms with van der Waals surface area (Å²) >= 11 is 0. The highest BCUT2D eigenvalue weighted by Gasteiger charge is 2.32. The Kier molecular flexibility index (Phi) is 9.39. The number of carbonyl (C=O) groups excluding carboxylic acids is 1. The summed E-state index contributed by atoms with van der Waals surface area (Å²) in [6.45, 7) is -0.684. The molecular formula is C29H28F3N3O5. The maximum atomic E-state index is 12.5. The first-order chi connectivity index (χ1) is 19.3. The van der Waals surface area contributed by atoms with Gasteiger partial charge in [0.25, 0.3) is 0 Å². The molecule has 2 aromatic carbocycles. The fraction of sp³-hybridized carbons (Fsp3) is 0.276. The number of halogens is 3. The van der Waals surface area contributed by atoms with Crippen molar-refractivity contribution in [2.45, 2.75) is 25.2 Å². The van der Waals surface area contributed by atoms with Gasteiger partial charge in [-0.25, -0.2) is 9.78 Å². The average molecular weight is 556 g/mol. The third-order valence-electron chi connectivity index (χ3n) is 5.94. The zero-order valence-corrected chi connectivity index (χ0v) is 21.9. The van der Waals surface area contributed by atoms with Crippen molar-refractivity contribution in [2.24, 2.45) is 5.16 Å². The van der Waals surface area contributed by atoms with E-state index in [2.05, 4.69) is 9.89 Å². The molecule has 210 valence electrons. The number of alkyl halides is 3. The molecule has 0 aliphatic heterocycles. The molecule has 0 N–H and O–H groups in total. The number of ether oxygens (including phenoxy) is 3. The number of oxime groups is 1. The SMILES string of the molecule is CO/N=C(\c1ccccc1)c1ccc2ccn(CCOc3ccc(C[C@H](OCC(F)(F)F)C(=O)OC)cc3)c2n1. The van der Waals surface area contributed by atoms with Gasteiger partial charge < -0.3 is 23.6 Å². The monoisotopic (exact) mass is 555 g/mol. The lowest BCUT2D eigenvalue weighted by atomic mass is 10.1. The molecule has 0 amide bonds. The topological polar surface area (TPSA) is 84.2 Å². The highest BCUT2D eigenvalue weighted by Crippen LogP contribution is 2.20. The van der Waals surface area contributed by atoms with Crippen LogP contribution in [-0.2, 0) is 32.1 Å². The Morgan fingerprint density at radius 3 is 2.42 bits per heavy atom. The predicted molar refractivity (Wildman–Crippen MR) is 142 cm³/mol. The average Bonchev–Trinajstić information content (AvgIpc) is 3.36. The molecule has 0 fully saturated rings. The molecule has 0 radical (unpaired) electrons. The molecule has 11 heteroatoms. The number of rotatable bonds is 12. The lowest BCUT2D eigenvalue weighted by Crippen LogP contribution is -2.32. The van der Waals surface area contributed by atoms with E-state index in [4.69, 9.17) is 19.3 Å². The summed E-state index contributed by atoms with van der Waals surface area (Å²) in [6, 6.07) is 22.2. The Morgan fingerprint density at radius 2 is 1.75 bits per heavy atom. The first kappa shape index (κ1) is 28.6. The van der Waals surface area contributed by atoms with Crippen LogP contribution in [0.5, 0.6) is 5.75 Å². The van der Waals surface area contributed by atoms with Gasteiger partial charge in [-0.2, -0.15) is 13.2 Å². The lowest BCUT2D eigenvalue weighted by molar-refractivity contribution is -0.193. The van der Waals surface area contributed by atoms with Crippen LogP contribution in [0.2, 0.25) is 0 Å². The molecule has 0 bridgehead atoms. The quantitative estimate of drug-likeness (QED) is 0.136. The molecule has 4 aromatic rings. The maximum Gasteiger partial charge on any atom is 0.411 e. The second-order valence-corrected chi connectivity index (χ2v) is 8.74. The minimum absolute atomic E-state index is 0.0657. The van der Waals surface area contributed by atoms with E-state index in [-0.39, 0.29) is 6.42 Å². The van der Waals surface area contributed by atoms with E-state index < -0.39 is 24.9 Å². The normalized spacial score (nSPS) is 12.8. The van der Waals surface area contributed by atoms with Crippen LogP contribution < -0.4 is 4.74 Å². The van der Waals surface area contributed by atoms with Crippen LogP contribution in [0.1, 0.15) is 16.8 Å². The molecule has 1 atom stereocenters. The largest absolute Gasteiger partial charge is 0.492 e. The summed E-state index contributed by atoms with van der Waals surface area (Å²) in [5.74, 6) is -0.303. The van der Waals surface area contributed by atoms with Crippen molar-refractivity contribution >= 4 is 22.7 Å². The Balaban J connectivity index is 1.39. The molecule has 0 aliphatic rings. The molecule has 0 saturated carbocycles. The van der Waals surface area contributed by atoms with Crippen LogP contribution in [0, 0.1) is 0 Å². The number of fused-ring (bicyclic) bond motifs is 1. The third kappa shape index (κ3) is 7.60. The van der Waals surface area contributed by atoms with Gasteiger partial charge in [0.15, 0.2) is 6.10 Å². The van der Waals surface area contributed by atoms with Crippen LogP contribution in [0.15, 0.2) is 84.1 Å². The number of nitrogens with zero attached hydrogens (tertiary/aromatic N) is 3. The van der Waals surface area contributed by atoms with Gasteiger partial charge in [0.1, 0.15) is 37.4 Å². The van der Waals surface area contributed by atoms with Crippen molar-refractivity contribution in [3.8, 4) is 5.75 Å². The van der Waals surface area contributed by atoms with Gasteiger partial charge in [-0.1, -0.05) is 47.6 Å². The van der Waals surface area contributed by atoms with E-state index in [1.54, 1.807) is 24.3 Å². The number of methoxy groups -OCH3 is 1. The lowest BCUT2D eigenvalue weighted by Gasteiger charge is -2.17. The van der Waals surface area contributed by atoms with Crippen LogP contribution >= 0.6 is 0 Å².